The van der Waals surface area contributed by atoms with Crippen LogP contribution >= 0.6 is 0 Å². The molecule has 14 nitrogen and oxygen atoms in total. The molecule has 1 heterocycles. The van der Waals surface area contributed by atoms with Crippen molar-refractivity contribution in [2.24, 2.45) is 0 Å². The minimum atomic E-state index is -1.88. The van der Waals surface area contributed by atoms with Gasteiger partial charge in [-0.1, -0.05) is 96.2 Å². The second-order valence-corrected chi connectivity index (χ2v) is 11.7. The number of aromatic amines is 1. The SMILES string of the molecule is O=C(OC[C@H](OC(=O)c1ccccc1)[C@H](OC(=O)c1ccccc1)[C@H](OC(=O)c1ccccc1)[C@H](OC(=O)c1ccccc1)c1nn[nH]n1)c1ccccc1. The van der Waals surface area contributed by atoms with Crippen LogP contribution in [0.5, 0.6) is 0 Å². The molecule has 276 valence electrons. The molecule has 0 amide bonds. The van der Waals surface area contributed by atoms with E-state index < -0.39 is 60.9 Å². The number of ether oxygens (including phenoxy) is 5. The van der Waals surface area contributed by atoms with Crippen LogP contribution in [-0.2, 0) is 23.7 Å². The van der Waals surface area contributed by atoms with Gasteiger partial charge in [0.15, 0.2) is 18.3 Å². The van der Waals surface area contributed by atoms with Gasteiger partial charge < -0.3 is 23.7 Å². The summed E-state index contributed by atoms with van der Waals surface area (Å²) in [6.45, 7) is -0.732. The molecule has 0 fully saturated rings. The average molecular weight is 741 g/mol. The van der Waals surface area contributed by atoms with Crippen molar-refractivity contribution >= 4 is 29.8 Å². The third-order valence-electron chi connectivity index (χ3n) is 8.01. The minimum Gasteiger partial charge on any atom is -0.458 e. The Kier molecular flexibility index (Phi) is 12.4. The van der Waals surface area contributed by atoms with Gasteiger partial charge in [-0.3, -0.25) is 0 Å². The maximum absolute atomic E-state index is 13.9. The summed E-state index contributed by atoms with van der Waals surface area (Å²) in [6.07, 6.45) is -7.24. The van der Waals surface area contributed by atoms with E-state index in [0.29, 0.717) is 0 Å². The zero-order valence-corrected chi connectivity index (χ0v) is 28.9. The molecule has 0 aliphatic rings. The molecule has 6 rings (SSSR count). The first-order valence-corrected chi connectivity index (χ1v) is 16.9. The number of benzene rings is 5. The van der Waals surface area contributed by atoms with Crippen molar-refractivity contribution in [3.8, 4) is 0 Å². The Bertz CT molecular complexity index is 2170. The van der Waals surface area contributed by atoms with E-state index in [2.05, 4.69) is 20.6 Å². The molecule has 0 unspecified atom stereocenters. The molecule has 0 saturated carbocycles. The van der Waals surface area contributed by atoms with Crippen LogP contribution in [0, 0.1) is 0 Å². The Morgan fingerprint density at radius 1 is 0.455 bits per heavy atom. The number of carbonyl (C=O) groups excluding carboxylic acids is 5. The van der Waals surface area contributed by atoms with Crippen molar-refractivity contribution in [3.63, 3.8) is 0 Å². The van der Waals surface area contributed by atoms with Crippen LogP contribution in [0.25, 0.3) is 0 Å². The van der Waals surface area contributed by atoms with E-state index in [4.69, 9.17) is 23.7 Å². The maximum Gasteiger partial charge on any atom is 0.338 e. The molecule has 0 aliphatic carbocycles. The molecular formula is C41H32N4O10. The quantitative estimate of drug-likeness (QED) is 0.101. The lowest BCUT2D eigenvalue weighted by Gasteiger charge is -2.35. The van der Waals surface area contributed by atoms with Gasteiger partial charge in [-0.05, 0) is 60.7 Å². The predicted octanol–water partition coefficient (Wildman–Crippen LogP) is 5.63. The molecule has 4 atom stereocenters. The lowest BCUT2D eigenvalue weighted by Crippen LogP contribution is -2.51. The van der Waals surface area contributed by atoms with Gasteiger partial charge >= 0.3 is 29.8 Å². The monoisotopic (exact) mass is 740 g/mol. The summed E-state index contributed by atoms with van der Waals surface area (Å²) in [4.78, 5) is 68.5. The summed E-state index contributed by atoms with van der Waals surface area (Å²) in [5, 5.41) is 13.9. The van der Waals surface area contributed by atoms with Gasteiger partial charge in [0.2, 0.25) is 11.9 Å². The topological polar surface area (TPSA) is 186 Å². The third kappa shape index (κ3) is 9.90. The average Bonchev–Trinajstić information content (AvgIpc) is 3.79. The molecule has 0 saturated heterocycles. The first-order valence-electron chi connectivity index (χ1n) is 16.9. The van der Waals surface area contributed by atoms with E-state index in [-0.39, 0.29) is 33.6 Å². The van der Waals surface area contributed by atoms with Gasteiger partial charge in [0, 0.05) is 0 Å². The van der Waals surface area contributed by atoms with Crippen LogP contribution in [0.2, 0.25) is 0 Å². The Balaban J connectivity index is 1.48. The summed E-state index contributed by atoms with van der Waals surface area (Å²) >= 11 is 0. The van der Waals surface area contributed by atoms with Gasteiger partial charge in [-0.25, -0.2) is 24.0 Å². The van der Waals surface area contributed by atoms with Crippen LogP contribution in [0.1, 0.15) is 63.7 Å². The zero-order chi connectivity index (χ0) is 38.4. The largest absolute Gasteiger partial charge is 0.458 e. The fraction of sp³-hybridized carbons (Fsp3) is 0.122. The van der Waals surface area contributed by atoms with Crippen LogP contribution in [0.3, 0.4) is 0 Å². The summed E-state index contributed by atoms with van der Waals surface area (Å²) in [5.41, 5.74) is 0.494. The fourth-order valence-electron chi connectivity index (χ4n) is 5.29. The molecule has 55 heavy (non-hydrogen) atoms. The molecule has 0 bridgehead atoms. The molecule has 0 spiro atoms. The van der Waals surface area contributed by atoms with Gasteiger partial charge in [0.25, 0.3) is 0 Å². The number of H-pyrrole nitrogens is 1. The number of hydrogen-bond acceptors (Lipinski definition) is 13. The standard InChI is InChI=1S/C41H32N4O10/c46-37(27-16-6-1-7-17-27)51-26-32(52-38(47)28-18-8-2-9-19-28)33(53-39(48)29-20-10-3-11-21-29)34(54-40(49)30-22-12-4-13-23-30)35(36-42-44-45-43-36)55-41(50)31-24-14-5-15-25-31/h1-25,32-35H,26H2,(H,42,43,44,45)/t32-,33-,34-,35-/m0/s1. The van der Waals surface area contributed by atoms with Crippen molar-refractivity contribution in [2.75, 3.05) is 6.61 Å². The molecule has 14 heteroatoms. The number of hydrogen-bond donors (Lipinski definition) is 1. The number of rotatable bonds is 15. The van der Waals surface area contributed by atoms with E-state index >= 15 is 0 Å². The molecular weight excluding hydrogens is 708 g/mol. The second-order valence-electron chi connectivity index (χ2n) is 11.7. The summed E-state index contributed by atoms with van der Waals surface area (Å²) in [5.74, 6) is -4.83. The minimum absolute atomic E-state index is 0.0624. The van der Waals surface area contributed by atoms with E-state index in [1.54, 1.807) is 91.0 Å². The van der Waals surface area contributed by atoms with Gasteiger partial charge in [0.1, 0.15) is 6.61 Å². The first-order chi connectivity index (χ1) is 26.9. The molecule has 0 radical (unpaired) electrons. The highest BCUT2D eigenvalue weighted by molar-refractivity contribution is 5.92. The van der Waals surface area contributed by atoms with Crippen LogP contribution in [0.4, 0.5) is 0 Å². The summed E-state index contributed by atoms with van der Waals surface area (Å²) in [6, 6.07) is 39.4. The second kappa shape index (κ2) is 18.3. The highest BCUT2D eigenvalue weighted by atomic mass is 16.6. The van der Waals surface area contributed by atoms with Gasteiger partial charge in [-0.15, -0.1) is 10.2 Å². The van der Waals surface area contributed by atoms with Crippen LogP contribution in [-0.4, -0.2) is 75.4 Å². The first kappa shape index (κ1) is 37.3. The van der Waals surface area contributed by atoms with E-state index in [0.717, 1.165) is 0 Å². The highest BCUT2D eigenvalue weighted by Crippen LogP contribution is 2.31. The number of nitrogens with one attached hydrogen (secondary N) is 1. The van der Waals surface area contributed by atoms with Crippen molar-refractivity contribution in [3.05, 3.63) is 185 Å². The van der Waals surface area contributed by atoms with Gasteiger partial charge in [-0.2, -0.15) is 5.21 Å². The lowest BCUT2D eigenvalue weighted by molar-refractivity contribution is -0.134. The number of tetrazole rings is 1. The zero-order valence-electron chi connectivity index (χ0n) is 28.9. The lowest BCUT2D eigenvalue weighted by atomic mass is 10.0. The van der Waals surface area contributed by atoms with Crippen molar-refractivity contribution in [1.29, 1.82) is 0 Å². The third-order valence-corrected chi connectivity index (χ3v) is 8.01. The van der Waals surface area contributed by atoms with Crippen molar-refractivity contribution < 1.29 is 47.7 Å². The Morgan fingerprint density at radius 2 is 0.818 bits per heavy atom. The molecule has 1 aromatic heterocycles. The number of aromatic nitrogens is 4. The van der Waals surface area contributed by atoms with Crippen LogP contribution < -0.4 is 0 Å². The summed E-state index contributed by atoms with van der Waals surface area (Å²) < 4.78 is 29.7. The number of esters is 5. The van der Waals surface area contributed by atoms with E-state index in [9.17, 15) is 24.0 Å². The summed E-state index contributed by atoms with van der Waals surface area (Å²) in [7, 11) is 0. The smallest absolute Gasteiger partial charge is 0.338 e. The van der Waals surface area contributed by atoms with E-state index in [1.165, 1.54) is 60.7 Å². The predicted molar refractivity (Wildman–Crippen MR) is 192 cm³/mol. The molecule has 6 aromatic rings. The Hall–Kier alpha value is -7.48. The molecule has 5 aromatic carbocycles. The maximum atomic E-state index is 13.9. The van der Waals surface area contributed by atoms with Crippen molar-refractivity contribution in [1.82, 2.24) is 20.6 Å². The normalized spacial score (nSPS) is 12.9. The highest BCUT2D eigenvalue weighted by Gasteiger charge is 2.48. The fourth-order valence-corrected chi connectivity index (χ4v) is 5.29. The van der Waals surface area contributed by atoms with Crippen molar-refractivity contribution in [2.45, 2.75) is 24.4 Å². The number of carbonyl (C=O) groups is 5. The molecule has 0 aliphatic heterocycles. The Labute approximate surface area is 314 Å². The van der Waals surface area contributed by atoms with Gasteiger partial charge in [0.05, 0.1) is 27.8 Å². The van der Waals surface area contributed by atoms with Crippen LogP contribution in [0.15, 0.2) is 152 Å². The number of nitrogens with zero attached hydrogens (tertiary/aromatic N) is 3. The Morgan fingerprint density at radius 3 is 1.22 bits per heavy atom. The molecule has 1 N–H and O–H groups in total. The van der Waals surface area contributed by atoms with E-state index in [1.807, 2.05) is 0 Å².